The maximum absolute atomic E-state index is 11.6. The minimum Gasteiger partial charge on any atom is -0.309 e. The van der Waals surface area contributed by atoms with Crippen molar-refractivity contribution in [2.75, 3.05) is 0 Å². The molecule has 0 unspecified atom stereocenters. The van der Waals surface area contributed by atoms with Gasteiger partial charge in [-0.05, 0) is 37.0 Å². The molecule has 3 rings (SSSR count). The topological polar surface area (TPSA) is 22.0 Å². The second-order valence-electron chi connectivity index (χ2n) is 7.82. The van der Waals surface area contributed by atoms with Crippen molar-refractivity contribution >= 4 is 28.8 Å². The summed E-state index contributed by atoms with van der Waals surface area (Å²) in [5.74, 6) is 0.180. The molecule has 0 aliphatic heterocycles. The normalized spacial score (nSPS) is 13.6. The lowest BCUT2D eigenvalue weighted by Gasteiger charge is -2.24. The van der Waals surface area contributed by atoms with Gasteiger partial charge in [0.05, 0.1) is 5.52 Å². The first-order valence-corrected chi connectivity index (χ1v) is 9.20. The Morgan fingerprint density at radius 3 is 2.35 bits per heavy atom. The zero-order valence-corrected chi connectivity index (χ0v) is 16.3. The van der Waals surface area contributed by atoms with Gasteiger partial charge < -0.3 is 4.57 Å². The van der Waals surface area contributed by atoms with Crippen LogP contribution < -0.4 is 10.6 Å². The molecule has 2 heteroatoms. The molecule has 2 nitrogen and oxygen atoms in total. The molecule has 0 saturated heterocycles. The summed E-state index contributed by atoms with van der Waals surface area (Å²) >= 11 is 0. The Balaban J connectivity index is 2.47. The highest BCUT2D eigenvalue weighted by molar-refractivity contribution is 5.86. The van der Waals surface area contributed by atoms with Crippen molar-refractivity contribution < 1.29 is 4.79 Å². The van der Waals surface area contributed by atoms with Gasteiger partial charge in [-0.25, -0.2) is 0 Å². The van der Waals surface area contributed by atoms with Crippen LogP contribution in [-0.2, 0) is 10.2 Å². The standard InChI is InChI=1S/C24H27NO/c1-6-21-19(16-15-17(2)26)18-11-7-9-13-22(18)25(21)23-14-10-8-12-20(23)24(3,4)5/h6-14,16H,15H2,1-5H3/b19-16-,21-6+. The summed E-state index contributed by atoms with van der Waals surface area (Å²) < 4.78 is 2.34. The van der Waals surface area contributed by atoms with Gasteiger partial charge in [0, 0.05) is 28.1 Å². The molecule has 0 fully saturated rings. The smallest absolute Gasteiger partial charge is 0.133 e. The van der Waals surface area contributed by atoms with Gasteiger partial charge in [-0.1, -0.05) is 69.3 Å². The average molecular weight is 345 g/mol. The molecule has 1 aromatic heterocycles. The third kappa shape index (κ3) is 3.24. The van der Waals surface area contributed by atoms with Crippen LogP contribution >= 0.6 is 0 Å². The lowest BCUT2D eigenvalue weighted by Crippen LogP contribution is -2.29. The maximum Gasteiger partial charge on any atom is 0.133 e. The van der Waals surface area contributed by atoms with Crippen LogP contribution in [0.1, 0.15) is 46.6 Å². The Hall–Kier alpha value is -2.61. The van der Waals surface area contributed by atoms with E-state index in [2.05, 4.69) is 92.9 Å². The minimum absolute atomic E-state index is 0.0379. The van der Waals surface area contributed by atoms with Crippen molar-refractivity contribution in [2.24, 2.45) is 0 Å². The number of fused-ring (bicyclic) bond motifs is 1. The SMILES string of the molecule is C/C=c1\c(=C/CC(C)=O)c2ccccc2n1-c1ccccc1C(C)(C)C. The Bertz CT molecular complexity index is 1080. The molecular formula is C24H27NO. The number of hydrogen-bond donors (Lipinski definition) is 0. The van der Waals surface area contributed by atoms with Gasteiger partial charge in [-0.15, -0.1) is 0 Å². The van der Waals surface area contributed by atoms with Crippen LogP contribution in [0.3, 0.4) is 0 Å². The quantitative estimate of drug-likeness (QED) is 0.685. The maximum atomic E-state index is 11.6. The molecule has 0 atom stereocenters. The summed E-state index contributed by atoms with van der Waals surface area (Å²) in [5.41, 5.74) is 3.72. The van der Waals surface area contributed by atoms with Gasteiger partial charge in [0.1, 0.15) is 5.78 Å². The Kier molecular flexibility index (Phi) is 4.86. The predicted molar refractivity (Wildman–Crippen MR) is 111 cm³/mol. The first-order chi connectivity index (χ1) is 12.3. The van der Waals surface area contributed by atoms with E-state index >= 15 is 0 Å². The molecule has 0 amide bonds. The Labute approximate surface area is 155 Å². The molecule has 0 radical (unpaired) electrons. The highest BCUT2D eigenvalue weighted by atomic mass is 16.1. The van der Waals surface area contributed by atoms with Gasteiger partial charge in [0.25, 0.3) is 0 Å². The molecular weight excluding hydrogens is 318 g/mol. The van der Waals surface area contributed by atoms with Crippen LogP contribution in [0.15, 0.2) is 48.5 Å². The monoisotopic (exact) mass is 345 g/mol. The van der Waals surface area contributed by atoms with E-state index in [-0.39, 0.29) is 11.2 Å². The highest BCUT2D eigenvalue weighted by Gasteiger charge is 2.20. The highest BCUT2D eigenvalue weighted by Crippen LogP contribution is 2.29. The molecule has 0 spiro atoms. The van der Waals surface area contributed by atoms with Crippen molar-refractivity contribution in [3.05, 3.63) is 64.7 Å². The number of hydrogen-bond acceptors (Lipinski definition) is 1. The lowest BCUT2D eigenvalue weighted by atomic mass is 9.85. The predicted octanol–water partition coefficient (Wildman–Crippen LogP) is 4.49. The van der Waals surface area contributed by atoms with Crippen LogP contribution in [-0.4, -0.2) is 10.4 Å². The van der Waals surface area contributed by atoms with Gasteiger partial charge in [0.2, 0.25) is 0 Å². The van der Waals surface area contributed by atoms with Crippen LogP contribution in [0, 0.1) is 0 Å². The second-order valence-corrected chi connectivity index (χ2v) is 7.82. The van der Waals surface area contributed by atoms with Gasteiger partial charge in [0.15, 0.2) is 0 Å². The van der Waals surface area contributed by atoms with Crippen molar-refractivity contribution in [2.45, 2.75) is 46.5 Å². The molecule has 1 heterocycles. The minimum atomic E-state index is 0.0379. The number of carbonyl (C=O) groups is 1. The largest absolute Gasteiger partial charge is 0.309 e. The number of aromatic nitrogens is 1. The van der Waals surface area contributed by atoms with Gasteiger partial charge in [-0.2, -0.15) is 0 Å². The number of Topliss-reactive ketones (excluding diaryl/α,β-unsaturated/α-hetero) is 1. The molecule has 26 heavy (non-hydrogen) atoms. The summed E-state index contributed by atoms with van der Waals surface area (Å²) in [6, 6.07) is 17.0. The summed E-state index contributed by atoms with van der Waals surface area (Å²) in [4.78, 5) is 11.6. The first kappa shape index (κ1) is 18.2. The van der Waals surface area contributed by atoms with Gasteiger partial charge in [-0.3, -0.25) is 4.79 Å². The molecule has 0 saturated carbocycles. The fraction of sp³-hybridized carbons (Fsp3) is 0.292. The third-order valence-corrected chi connectivity index (χ3v) is 4.77. The van der Waals surface area contributed by atoms with Crippen molar-refractivity contribution in [1.29, 1.82) is 0 Å². The van der Waals surface area contributed by atoms with E-state index in [0.29, 0.717) is 6.42 Å². The van der Waals surface area contributed by atoms with Crippen LogP contribution in [0.25, 0.3) is 28.7 Å². The molecule has 2 aromatic carbocycles. The van der Waals surface area contributed by atoms with Crippen molar-refractivity contribution in [3.63, 3.8) is 0 Å². The number of rotatable bonds is 3. The average Bonchev–Trinajstić information content (AvgIpc) is 2.92. The van der Waals surface area contributed by atoms with E-state index in [1.54, 1.807) is 6.92 Å². The summed E-state index contributed by atoms with van der Waals surface area (Å²) in [5, 5.41) is 3.47. The van der Waals surface area contributed by atoms with Crippen molar-refractivity contribution in [1.82, 2.24) is 4.57 Å². The number of carbonyl (C=O) groups excluding carboxylic acids is 1. The molecule has 0 N–H and O–H groups in total. The number of ketones is 1. The zero-order valence-electron chi connectivity index (χ0n) is 16.3. The van der Waals surface area contributed by atoms with E-state index in [9.17, 15) is 4.79 Å². The zero-order chi connectivity index (χ0) is 18.9. The first-order valence-electron chi connectivity index (χ1n) is 9.20. The van der Waals surface area contributed by atoms with E-state index in [4.69, 9.17) is 0 Å². The summed E-state index contributed by atoms with van der Waals surface area (Å²) in [7, 11) is 0. The van der Waals surface area contributed by atoms with Crippen LogP contribution in [0.4, 0.5) is 0 Å². The number of nitrogens with zero attached hydrogens (tertiary/aromatic N) is 1. The Morgan fingerprint density at radius 2 is 1.69 bits per heavy atom. The van der Waals surface area contributed by atoms with E-state index in [1.165, 1.54) is 22.2 Å². The Morgan fingerprint density at radius 1 is 1.04 bits per heavy atom. The number of para-hydroxylation sites is 2. The molecule has 0 aliphatic rings. The van der Waals surface area contributed by atoms with Crippen LogP contribution in [0.5, 0.6) is 0 Å². The van der Waals surface area contributed by atoms with E-state index < -0.39 is 0 Å². The van der Waals surface area contributed by atoms with E-state index in [1.807, 2.05) is 0 Å². The molecule has 0 aliphatic carbocycles. The number of benzene rings is 2. The molecule has 134 valence electrons. The summed E-state index contributed by atoms with van der Waals surface area (Å²) in [6.07, 6.45) is 4.66. The van der Waals surface area contributed by atoms with Crippen LogP contribution in [0.2, 0.25) is 0 Å². The second kappa shape index (κ2) is 6.95. The fourth-order valence-electron chi connectivity index (χ4n) is 3.59. The third-order valence-electron chi connectivity index (χ3n) is 4.77. The fourth-order valence-corrected chi connectivity index (χ4v) is 3.59. The van der Waals surface area contributed by atoms with Gasteiger partial charge >= 0.3 is 0 Å². The lowest BCUT2D eigenvalue weighted by molar-refractivity contribution is -0.115. The van der Waals surface area contributed by atoms with E-state index in [0.717, 1.165) is 10.6 Å². The molecule has 0 bridgehead atoms. The molecule has 3 aromatic rings. The van der Waals surface area contributed by atoms with Crippen molar-refractivity contribution in [3.8, 4) is 5.69 Å². The summed E-state index contributed by atoms with van der Waals surface area (Å²) in [6.45, 7) is 10.4.